The second-order valence-electron chi connectivity index (χ2n) is 7.85. The Labute approximate surface area is 175 Å². The minimum Gasteiger partial charge on any atom is -0.497 e. The van der Waals surface area contributed by atoms with Crippen molar-refractivity contribution in [2.24, 2.45) is 5.92 Å². The first-order valence-electron chi connectivity index (χ1n) is 10.4. The van der Waals surface area contributed by atoms with Gasteiger partial charge in [0.1, 0.15) is 5.75 Å². The molecule has 2 aliphatic carbocycles. The van der Waals surface area contributed by atoms with Crippen molar-refractivity contribution < 1.29 is 14.3 Å². The smallest absolute Gasteiger partial charge is 0.257 e. The van der Waals surface area contributed by atoms with Gasteiger partial charge in [0.15, 0.2) is 5.13 Å². The second-order valence-corrected chi connectivity index (χ2v) is 8.93. The number of benzene rings is 1. The summed E-state index contributed by atoms with van der Waals surface area (Å²) in [6.07, 6.45) is 7.95. The molecule has 2 N–H and O–H groups in total. The zero-order chi connectivity index (χ0) is 20.2. The SMILES string of the molecule is COc1ccc(C(=O)Nc2nc3c(s2)CCC3C(=O)NCC2CCCCC2)cc1. The Kier molecular flexibility index (Phi) is 6.13. The molecule has 4 rings (SSSR count). The first-order valence-corrected chi connectivity index (χ1v) is 11.2. The molecular weight excluding hydrogens is 386 g/mol. The van der Waals surface area contributed by atoms with Gasteiger partial charge in [-0.3, -0.25) is 14.9 Å². The molecule has 2 aromatic rings. The number of anilines is 1. The van der Waals surface area contributed by atoms with Crippen LogP contribution in [0.25, 0.3) is 0 Å². The standard InChI is InChI=1S/C22H27N3O3S/c1-28-16-9-7-15(8-10-16)20(26)25-22-24-19-17(11-12-18(19)29-22)21(27)23-13-14-5-3-2-4-6-14/h7-10,14,17H,2-6,11-13H2,1H3,(H,23,27)(H,24,25,26). The van der Waals surface area contributed by atoms with E-state index in [4.69, 9.17) is 4.74 Å². The van der Waals surface area contributed by atoms with E-state index in [1.165, 1.54) is 43.4 Å². The predicted molar refractivity (Wildman–Crippen MR) is 114 cm³/mol. The van der Waals surface area contributed by atoms with Crippen molar-refractivity contribution in [1.29, 1.82) is 0 Å². The molecule has 0 spiro atoms. The molecule has 0 radical (unpaired) electrons. The molecule has 1 heterocycles. The number of hydrogen-bond donors (Lipinski definition) is 2. The lowest BCUT2D eigenvalue weighted by atomic mass is 9.89. The van der Waals surface area contributed by atoms with Crippen LogP contribution in [-0.2, 0) is 11.2 Å². The van der Waals surface area contributed by atoms with Gasteiger partial charge in [0, 0.05) is 17.0 Å². The lowest BCUT2D eigenvalue weighted by Crippen LogP contribution is -2.33. The number of carbonyl (C=O) groups is 2. The molecule has 2 amide bonds. The summed E-state index contributed by atoms with van der Waals surface area (Å²) in [7, 11) is 1.59. The monoisotopic (exact) mass is 413 g/mol. The molecule has 2 aliphatic rings. The first-order chi connectivity index (χ1) is 14.1. The number of nitrogens with zero attached hydrogens (tertiary/aromatic N) is 1. The Hall–Kier alpha value is -2.41. The van der Waals surface area contributed by atoms with Gasteiger partial charge in [-0.1, -0.05) is 19.3 Å². The van der Waals surface area contributed by atoms with Crippen LogP contribution >= 0.6 is 11.3 Å². The van der Waals surface area contributed by atoms with Crippen molar-refractivity contribution >= 4 is 28.3 Å². The molecule has 0 aliphatic heterocycles. The van der Waals surface area contributed by atoms with Gasteiger partial charge in [0.25, 0.3) is 5.91 Å². The minimum absolute atomic E-state index is 0.0765. The molecule has 154 valence electrons. The summed E-state index contributed by atoms with van der Waals surface area (Å²) < 4.78 is 5.12. The first kappa shape index (κ1) is 19.9. The van der Waals surface area contributed by atoms with Crippen molar-refractivity contribution in [3.05, 3.63) is 40.4 Å². The maximum absolute atomic E-state index is 12.7. The highest BCUT2D eigenvalue weighted by atomic mass is 32.1. The van der Waals surface area contributed by atoms with Crippen LogP contribution in [0.2, 0.25) is 0 Å². The van der Waals surface area contributed by atoms with Crippen LogP contribution in [0.5, 0.6) is 5.75 Å². The summed E-state index contributed by atoms with van der Waals surface area (Å²) in [5.74, 6) is 0.989. The van der Waals surface area contributed by atoms with Crippen LogP contribution in [-0.4, -0.2) is 30.5 Å². The number of methoxy groups -OCH3 is 1. The zero-order valence-electron chi connectivity index (χ0n) is 16.7. The Morgan fingerprint density at radius 2 is 1.90 bits per heavy atom. The number of aromatic nitrogens is 1. The Morgan fingerprint density at radius 3 is 2.62 bits per heavy atom. The van der Waals surface area contributed by atoms with Gasteiger partial charge in [-0.05, 0) is 55.9 Å². The predicted octanol–water partition coefficient (Wildman–Crippen LogP) is 4.13. The van der Waals surface area contributed by atoms with Crippen molar-refractivity contribution in [2.75, 3.05) is 19.0 Å². The molecule has 0 saturated heterocycles. The van der Waals surface area contributed by atoms with Gasteiger partial charge in [-0.15, -0.1) is 11.3 Å². The van der Waals surface area contributed by atoms with Crippen LogP contribution in [0.3, 0.4) is 0 Å². The van der Waals surface area contributed by atoms with Gasteiger partial charge >= 0.3 is 0 Å². The number of nitrogens with one attached hydrogen (secondary N) is 2. The highest BCUT2D eigenvalue weighted by Gasteiger charge is 2.33. The number of thiazole rings is 1. The van der Waals surface area contributed by atoms with Crippen molar-refractivity contribution in [3.63, 3.8) is 0 Å². The largest absolute Gasteiger partial charge is 0.497 e. The summed E-state index contributed by atoms with van der Waals surface area (Å²) in [4.78, 5) is 30.9. The molecule has 1 saturated carbocycles. The average molecular weight is 414 g/mol. The van der Waals surface area contributed by atoms with Crippen molar-refractivity contribution in [3.8, 4) is 5.75 Å². The van der Waals surface area contributed by atoms with Crippen LogP contribution < -0.4 is 15.4 Å². The highest BCUT2D eigenvalue weighted by Crippen LogP contribution is 2.38. The number of carbonyl (C=O) groups excluding carboxylic acids is 2. The number of ether oxygens (including phenoxy) is 1. The summed E-state index contributed by atoms with van der Waals surface area (Å²) >= 11 is 1.47. The third-order valence-corrected chi connectivity index (χ3v) is 6.94. The lowest BCUT2D eigenvalue weighted by molar-refractivity contribution is -0.122. The molecule has 1 fully saturated rings. The third kappa shape index (κ3) is 4.61. The molecule has 1 aromatic carbocycles. The normalized spacial score (nSPS) is 18.9. The van der Waals surface area contributed by atoms with Crippen LogP contribution in [0.1, 0.15) is 65.4 Å². The van der Waals surface area contributed by atoms with E-state index < -0.39 is 0 Å². The number of hydrogen-bond acceptors (Lipinski definition) is 5. The Morgan fingerprint density at radius 1 is 1.14 bits per heavy atom. The molecular formula is C22H27N3O3S. The fourth-order valence-electron chi connectivity index (χ4n) is 4.21. The minimum atomic E-state index is -0.210. The second kappa shape index (κ2) is 8.95. The van der Waals surface area contributed by atoms with Crippen LogP contribution in [0.4, 0.5) is 5.13 Å². The maximum Gasteiger partial charge on any atom is 0.257 e. The van der Waals surface area contributed by atoms with E-state index in [1.54, 1.807) is 31.4 Å². The van der Waals surface area contributed by atoms with Gasteiger partial charge in [-0.25, -0.2) is 4.98 Å². The zero-order valence-corrected chi connectivity index (χ0v) is 17.5. The van der Waals surface area contributed by atoms with Gasteiger partial charge in [0.05, 0.1) is 18.7 Å². The lowest BCUT2D eigenvalue weighted by Gasteiger charge is -2.22. The molecule has 1 aromatic heterocycles. The number of rotatable bonds is 6. The van der Waals surface area contributed by atoms with E-state index in [2.05, 4.69) is 15.6 Å². The summed E-state index contributed by atoms with van der Waals surface area (Å²) in [5.41, 5.74) is 1.38. The van der Waals surface area contributed by atoms with Gasteiger partial charge in [-0.2, -0.15) is 0 Å². The average Bonchev–Trinajstić information content (AvgIpc) is 3.33. The van der Waals surface area contributed by atoms with E-state index in [0.29, 0.717) is 22.4 Å². The molecule has 0 bridgehead atoms. The third-order valence-electron chi connectivity index (χ3n) is 5.90. The molecule has 6 nitrogen and oxygen atoms in total. The molecule has 1 atom stereocenters. The van der Waals surface area contributed by atoms with E-state index in [9.17, 15) is 9.59 Å². The highest BCUT2D eigenvalue weighted by molar-refractivity contribution is 7.16. The Bertz CT molecular complexity index is 872. The van der Waals surface area contributed by atoms with Crippen molar-refractivity contribution in [1.82, 2.24) is 10.3 Å². The van der Waals surface area contributed by atoms with Gasteiger partial charge < -0.3 is 10.1 Å². The molecule has 7 heteroatoms. The topological polar surface area (TPSA) is 80.3 Å². The van der Waals surface area contributed by atoms with E-state index >= 15 is 0 Å². The number of fused-ring (bicyclic) bond motifs is 1. The quantitative estimate of drug-likeness (QED) is 0.746. The maximum atomic E-state index is 12.7. The van der Waals surface area contributed by atoms with Crippen molar-refractivity contribution in [2.45, 2.75) is 50.9 Å². The number of amides is 2. The summed E-state index contributed by atoms with van der Waals surface area (Å²) in [5, 5.41) is 6.57. The fourth-order valence-corrected chi connectivity index (χ4v) is 5.24. The van der Waals surface area contributed by atoms with E-state index in [1.807, 2.05) is 0 Å². The van der Waals surface area contributed by atoms with E-state index in [-0.39, 0.29) is 17.7 Å². The Balaban J connectivity index is 1.36. The molecule has 1 unspecified atom stereocenters. The molecule has 29 heavy (non-hydrogen) atoms. The fraction of sp³-hybridized carbons (Fsp3) is 0.500. The van der Waals surface area contributed by atoms with Crippen LogP contribution in [0.15, 0.2) is 24.3 Å². The summed E-state index contributed by atoms with van der Waals surface area (Å²) in [6, 6.07) is 6.95. The number of aryl methyl sites for hydroxylation is 1. The summed E-state index contributed by atoms with van der Waals surface area (Å²) in [6.45, 7) is 0.774. The van der Waals surface area contributed by atoms with E-state index in [0.717, 1.165) is 30.0 Å². The van der Waals surface area contributed by atoms with Crippen LogP contribution in [0, 0.1) is 5.92 Å². The van der Waals surface area contributed by atoms with Gasteiger partial charge in [0.2, 0.25) is 5.91 Å².